The fourth-order valence-corrected chi connectivity index (χ4v) is 2.73. The van der Waals surface area contributed by atoms with Gasteiger partial charge in [0.05, 0.1) is 7.11 Å². The van der Waals surface area contributed by atoms with Crippen LogP contribution in [0.1, 0.15) is 15.9 Å². The molecule has 1 aromatic carbocycles. The molecule has 1 aromatic heterocycles. The van der Waals surface area contributed by atoms with E-state index in [4.69, 9.17) is 4.74 Å². The van der Waals surface area contributed by atoms with Gasteiger partial charge in [-0.05, 0) is 46.3 Å². The van der Waals surface area contributed by atoms with E-state index >= 15 is 0 Å². The Hall–Kier alpha value is -1.40. The molecule has 0 saturated carbocycles. The highest BCUT2D eigenvalue weighted by molar-refractivity contribution is 9.10. The molecule has 0 aliphatic carbocycles. The number of rotatable bonds is 4. The Morgan fingerprint density at radius 2 is 2.05 bits per heavy atom. The van der Waals surface area contributed by atoms with Crippen LogP contribution in [0, 0.1) is 0 Å². The summed E-state index contributed by atoms with van der Waals surface area (Å²) >= 11 is 6.70. The maximum absolute atomic E-state index is 12.4. The lowest BCUT2D eigenvalue weighted by Crippen LogP contribution is -2.26. The van der Waals surface area contributed by atoms with Gasteiger partial charge in [-0.25, -0.2) is 4.98 Å². The van der Waals surface area contributed by atoms with Crippen molar-refractivity contribution in [1.82, 2.24) is 9.88 Å². The molecule has 6 heteroatoms. The van der Waals surface area contributed by atoms with Crippen LogP contribution in [0.3, 0.4) is 0 Å². The number of hydrogen-bond acceptors (Lipinski definition) is 3. The van der Waals surface area contributed by atoms with E-state index in [2.05, 4.69) is 36.8 Å². The first-order valence-corrected chi connectivity index (χ1v) is 7.79. The summed E-state index contributed by atoms with van der Waals surface area (Å²) in [5.74, 6) is 0.689. The zero-order valence-electron chi connectivity index (χ0n) is 11.6. The van der Waals surface area contributed by atoms with E-state index < -0.39 is 0 Å². The Kier molecular flexibility index (Phi) is 5.36. The van der Waals surface area contributed by atoms with E-state index in [1.165, 1.54) is 0 Å². The van der Waals surface area contributed by atoms with Crippen LogP contribution >= 0.6 is 31.9 Å². The summed E-state index contributed by atoms with van der Waals surface area (Å²) in [5, 5.41) is 0. The summed E-state index contributed by atoms with van der Waals surface area (Å²) in [6.45, 7) is 0.460. The first-order valence-electron chi connectivity index (χ1n) is 6.20. The van der Waals surface area contributed by atoms with E-state index in [0.717, 1.165) is 15.8 Å². The quantitative estimate of drug-likeness (QED) is 0.714. The van der Waals surface area contributed by atoms with Crippen LogP contribution in [0.4, 0.5) is 0 Å². The molecule has 4 nitrogen and oxygen atoms in total. The molecule has 0 aliphatic heterocycles. The zero-order chi connectivity index (χ0) is 15.4. The lowest BCUT2D eigenvalue weighted by molar-refractivity contribution is 0.0784. The van der Waals surface area contributed by atoms with Crippen molar-refractivity contribution in [2.24, 2.45) is 0 Å². The van der Waals surface area contributed by atoms with Crippen molar-refractivity contribution in [2.75, 3.05) is 14.2 Å². The minimum Gasteiger partial charge on any atom is -0.496 e. The number of benzene rings is 1. The van der Waals surface area contributed by atoms with Gasteiger partial charge in [0.2, 0.25) is 0 Å². The van der Waals surface area contributed by atoms with Crippen molar-refractivity contribution in [1.29, 1.82) is 0 Å². The second kappa shape index (κ2) is 7.04. The van der Waals surface area contributed by atoms with Crippen LogP contribution in [0.5, 0.6) is 5.75 Å². The molecule has 2 rings (SSSR count). The van der Waals surface area contributed by atoms with Crippen molar-refractivity contribution in [3.8, 4) is 5.75 Å². The second-order valence-electron chi connectivity index (χ2n) is 4.48. The smallest absolute Gasteiger partial charge is 0.254 e. The number of pyridine rings is 1. The molecule has 0 bridgehead atoms. The van der Waals surface area contributed by atoms with Crippen LogP contribution < -0.4 is 4.74 Å². The van der Waals surface area contributed by atoms with Crippen molar-refractivity contribution in [2.45, 2.75) is 6.54 Å². The van der Waals surface area contributed by atoms with Gasteiger partial charge in [0.1, 0.15) is 10.4 Å². The summed E-state index contributed by atoms with van der Waals surface area (Å²) in [6, 6.07) is 9.13. The molecular formula is C15H14Br2N2O2. The lowest BCUT2D eigenvalue weighted by Gasteiger charge is -2.19. The van der Waals surface area contributed by atoms with Gasteiger partial charge in [0.25, 0.3) is 5.91 Å². The number of aromatic nitrogens is 1. The van der Waals surface area contributed by atoms with Crippen LogP contribution in [0.25, 0.3) is 0 Å². The molecule has 0 atom stereocenters. The average molecular weight is 414 g/mol. The summed E-state index contributed by atoms with van der Waals surface area (Å²) in [5.41, 5.74) is 1.53. The van der Waals surface area contributed by atoms with Gasteiger partial charge in [0.15, 0.2) is 0 Å². The normalized spacial score (nSPS) is 10.3. The maximum atomic E-state index is 12.4. The SMILES string of the molecule is COc1ccc(Br)cc1CN(C)C(=O)c1ccnc(Br)c1. The summed E-state index contributed by atoms with van der Waals surface area (Å²) in [6.07, 6.45) is 1.60. The number of ether oxygens (including phenoxy) is 1. The van der Waals surface area contributed by atoms with E-state index in [0.29, 0.717) is 16.7 Å². The predicted octanol–water partition coefficient (Wildman–Crippen LogP) is 3.89. The van der Waals surface area contributed by atoms with E-state index in [1.54, 1.807) is 37.4 Å². The third kappa shape index (κ3) is 4.04. The second-order valence-corrected chi connectivity index (χ2v) is 6.21. The van der Waals surface area contributed by atoms with Crippen molar-refractivity contribution >= 4 is 37.8 Å². The van der Waals surface area contributed by atoms with Gasteiger partial charge >= 0.3 is 0 Å². The molecule has 0 aliphatic rings. The Morgan fingerprint density at radius 1 is 1.29 bits per heavy atom. The fourth-order valence-electron chi connectivity index (χ4n) is 1.95. The van der Waals surface area contributed by atoms with Gasteiger partial charge < -0.3 is 9.64 Å². The molecule has 110 valence electrons. The maximum Gasteiger partial charge on any atom is 0.254 e. The third-order valence-corrected chi connectivity index (χ3v) is 3.90. The Morgan fingerprint density at radius 3 is 2.71 bits per heavy atom. The largest absolute Gasteiger partial charge is 0.496 e. The molecule has 1 amide bonds. The topological polar surface area (TPSA) is 42.4 Å². The summed E-state index contributed by atoms with van der Waals surface area (Å²) in [7, 11) is 3.38. The molecule has 21 heavy (non-hydrogen) atoms. The van der Waals surface area contributed by atoms with Gasteiger partial charge in [-0.1, -0.05) is 15.9 Å². The predicted molar refractivity (Wildman–Crippen MR) is 88.4 cm³/mol. The highest BCUT2D eigenvalue weighted by atomic mass is 79.9. The lowest BCUT2D eigenvalue weighted by atomic mass is 10.1. The number of halogens is 2. The molecule has 1 heterocycles. The van der Waals surface area contributed by atoms with Crippen LogP contribution in [-0.4, -0.2) is 29.9 Å². The van der Waals surface area contributed by atoms with Crippen molar-refractivity contribution < 1.29 is 9.53 Å². The fraction of sp³-hybridized carbons (Fsp3) is 0.200. The number of nitrogens with zero attached hydrogens (tertiary/aromatic N) is 2. The minimum atomic E-state index is -0.0693. The molecule has 0 fully saturated rings. The van der Waals surface area contributed by atoms with Gasteiger partial charge in [-0.15, -0.1) is 0 Å². The number of carbonyl (C=O) groups excluding carboxylic acids is 1. The zero-order valence-corrected chi connectivity index (χ0v) is 14.8. The van der Waals surface area contributed by atoms with E-state index in [1.807, 2.05) is 18.2 Å². The van der Waals surface area contributed by atoms with Crippen molar-refractivity contribution in [3.63, 3.8) is 0 Å². The van der Waals surface area contributed by atoms with Crippen LogP contribution in [0.15, 0.2) is 45.6 Å². The molecule has 0 spiro atoms. The number of hydrogen-bond donors (Lipinski definition) is 0. The van der Waals surface area contributed by atoms with E-state index in [9.17, 15) is 4.79 Å². The summed E-state index contributed by atoms with van der Waals surface area (Å²) < 4.78 is 6.92. The average Bonchev–Trinajstić information content (AvgIpc) is 2.46. The minimum absolute atomic E-state index is 0.0693. The molecular weight excluding hydrogens is 400 g/mol. The van der Waals surface area contributed by atoms with Gasteiger partial charge in [0, 0.05) is 35.4 Å². The Bertz CT molecular complexity index is 662. The Balaban J connectivity index is 2.19. The molecule has 0 N–H and O–H groups in total. The first-order chi connectivity index (χ1) is 10.0. The highest BCUT2D eigenvalue weighted by Gasteiger charge is 2.14. The molecule has 0 radical (unpaired) electrons. The van der Waals surface area contributed by atoms with Crippen molar-refractivity contribution in [3.05, 3.63) is 56.7 Å². The Labute approximate surface area is 140 Å². The summed E-state index contributed by atoms with van der Waals surface area (Å²) in [4.78, 5) is 18.1. The van der Waals surface area contributed by atoms with E-state index in [-0.39, 0.29) is 5.91 Å². The number of amides is 1. The van der Waals surface area contributed by atoms with Crippen LogP contribution in [-0.2, 0) is 6.54 Å². The van der Waals surface area contributed by atoms with Gasteiger partial charge in [-0.3, -0.25) is 4.79 Å². The third-order valence-electron chi connectivity index (χ3n) is 2.97. The number of carbonyl (C=O) groups is 1. The molecule has 0 saturated heterocycles. The monoisotopic (exact) mass is 412 g/mol. The highest BCUT2D eigenvalue weighted by Crippen LogP contribution is 2.24. The standard InChI is InChI=1S/C15H14Br2N2O2/c1-19(15(20)10-5-6-18-14(17)8-10)9-11-7-12(16)3-4-13(11)21-2/h3-8H,9H2,1-2H3. The van der Waals surface area contributed by atoms with Crippen LogP contribution in [0.2, 0.25) is 0 Å². The molecule has 2 aromatic rings. The molecule has 0 unspecified atom stereocenters. The first kappa shape index (κ1) is 16.0. The van der Waals surface area contributed by atoms with Gasteiger partial charge in [-0.2, -0.15) is 0 Å². The number of methoxy groups -OCH3 is 1.